The van der Waals surface area contributed by atoms with Gasteiger partial charge in [-0.25, -0.2) is 15.0 Å². The van der Waals surface area contributed by atoms with Crippen LogP contribution in [0.25, 0.3) is 20.8 Å². The molecule has 2 aliphatic rings. The third kappa shape index (κ3) is 3.49. The number of aldehydes is 1. The molecule has 1 saturated carbocycles. The third-order valence-electron chi connectivity index (χ3n) is 6.00. The highest BCUT2D eigenvalue weighted by Gasteiger charge is 2.60. The number of thiazole rings is 1. The van der Waals surface area contributed by atoms with Crippen LogP contribution in [0.1, 0.15) is 38.1 Å². The molecule has 1 saturated heterocycles. The van der Waals surface area contributed by atoms with Gasteiger partial charge in [0.2, 0.25) is 0 Å². The molecule has 1 aliphatic carbocycles. The lowest BCUT2D eigenvalue weighted by Crippen LogP contribution is -2.46. The molecule has 3 aromatic heterocycles. The Morgan fingerprint density at radius 2 is 2.06 bits per heavy atom. The van der Waals surface area contributed by atoms with Gasteiger partial charge in [0.15, 0.2) is 16.7 Å². The fourth-order valence-electron chi connectivity index (χ4n) is 4.65. The van der Waals surface area contributed by atoms with E-state index >= 15 is 0 Å². The maximum absolute atomic E-state index is 11.7. The average molecular weight is 472 g/mol. The van der Waals surface area contributed by atoms with Gasteiger partial charge in [-0.15, -0.1) is 11.3 Å². The Hall–Kier alpha value is -2.14. The standard InChI is InChI=1S/C22H25N5O3S2/c1-11-15(19-25-16-12(2)23-9-7-14(16)32-19)18(26-20(24-11)31-5)27-22-8-6-13(10-28)17(22)29-21(3,4)30-22/h7,9-10,13,17H,6,8H2,1-5H3,(H,24,26,27)/t13-,17-,22+/m1/s1. The number of aryl methyl sites for hydroxylation is 2. The number of ether oxygens (including phenoxy) is 2. The van der Waals surface area contributed by atoms with Crippen LogP contribution in [0, 0.1) is 19.8 Å². The van der Waals surface area contributed by atoms with E-state index in [2.05, 4.69) is 15.3 Å². The highest BCUT2D eigenvalue weighted by Crippen LogP contribution is 2.50. The third-order valence-corrected chi connectivity index (χ3v) is 7.58. The van der Waals surface area contributed by atoms with Gasteiger partial charge in [0.05, 0.1) is 21.7 Å². The van der Waals surface area contributed by atoms with Gasteiger partial charge >= 0.3 is 0 Å². The number of nitrogens with one attached hydrogen (secondary N) is 1. The Balaban J connectivity index is 1.64. The molecule has 0 spiro atoms. The fraction of sp³-hybridized carbons (Fsp3) is 0.500. The summed E-state index contributed by atoms with van der Waals surface area (Å²) in [5, 5.41) is 5.03. The Morgan fingerprint density at radius 3 is 2.78 bits per heavy atom. The smallest absolute Gasteiger partial charge is 0.189 e. The number of thioether (sulfide) groups is 1. The molecule has 5 rings (SSSR count). The first-order chi connectivity index (χ1) is 15.2. The van der Waals surface area contributed by atoms with E-state index in [0.29, 0.717) is 23.8 Å². The van der Waals surface area contributed by atoms with Gasteiger partial charge in [0, 0.05) is 12.1 Å². The minimum Gasteiger partial charge on any atom is -0.341 e. The van der Waals surface area contributed by atoms with E-state index in [-0.39, 0.29) is 5.92 Å². The summed E-state index contributed by atoms with van der Waals surface area (Å²) in [5.41, 5.74) is 2.59. The van der Waals surface area contributed by atoms with Crippen LogP contribution in [0.5, 0.6) is 0 Å². The summed E-state index contributed by atoms with van der Waals surface area (Å²) in [6.45, 7) is 7.67. The van der Waals surface area contributed by atoms with Gasteiger partial charge in [-0.2, -0.15) is 0 Å². The van der Waals surface area contributed by atoms with Crippen molar-refractivity contribution in [1.29, 1.82) is 0 Å². The number of anilines is 1. The van der Waals surface area contributed by atoms with E-state index in [9.17, 15) is 4.79 Å². The SMILES string of the molecule is CSc1nc(C)c(-c2nc3c(C)nccc3s2)c(N[C@]23CC[C@H](C=O)[C@H]2OC(C)(C)O3)n1. The Kier molecular flexibility index (Phi) is 5.23. The second-order valence-corrected chi connectivity index (χ2v) is 10.5. The minimum atomic E-state index is -0.839. The van der Waals surface area contributed by atoms with Crippen LogP contribution in [0.2, 0.25) is 0 Å². The zero-order chi connectivity index (χ0) is 22.7. The van der Waals surface area contributed by atoms with Crippen molar-refractivity contribution in [2.45, 2.75) is 63.3 Å². The number of hydrogen-bond acceptors (Lipinski definition) is 10. The highest BCUT2D eigenvalue weighted by molar-refractivity contribution is 7.98. The second-order valence-electron chi connectivity index (χ2n) is 8.67. The molecule has 0 unspecified atom stereocenters. The maximum Gasteiger partial charge on any atom is 0.189 e. The number of rotatable bonds is 5. The van der Waals surface area contributed by atoms with E-state index in [1.54, 1.807) is 17.5 Å². The number of fused-ring (bicyclic) bond motifs is 2. The lowest BCUT2D eigenvalue weighted by Gasteiger charge is -2.31. The molecule has 1 N–H and O–H groups in total. The summed E-state index contributed by atoms with van der Waals surface area (Å²) >= 11 is 3.06. The van der Waals surface area contributed by atoms with E-state index in [0.717, 1.165) is 38.5 Å². The fourth-order valence-corrected chi connectivity index (χ4v) is 6.18. The zero-order valence-electron chi connectivity index (χ0n) is 18.6. The van der Waals surface area contributed by atoms with Crippen LogP contribution in [0.4, 0.5) is 5.82 Å². The molecule has 32 heavy (non-hydrogen) atoms. The molecule has 2 fully saturated rings. The van der Waals surface area contributed by atoms with Gasteiger partial charge in [0.1, 0.15) is 28.7 Å². The molecule has 8 nitrogen and oxygen atoms in total. The summed E-state index contributed by atoms with van der Waals surface area (Å²) in [6.07, 6.45) is 5.66. The van der Waals surface area contributed by atoms with E-state index in [1.807, 2.05) is 40.0 Å². The van der Waals surface area contributed by atoms with Crippen molar-refractivity contribution >= 4 is 45.4 Å². The zero-order valence-corrected chi connectivity index (χ0v) is 20.3. The van der Waals surface area contributed by atoms with Gasteiger partial charge in [-0.1, -0.05) is 11.8 Å². The topological polar surface area (TPSA) is 99.1 Å². The maximum atomic E-state index is 11.7. The molecule has 10 heteroatoms. The van der Waals surface area contributed by atoms with E-state index < -0.39 is 17.6 Å². The number of carbonyl (C=O) groups excluding carboxylic acids is 1. The molecule has 4 heterocycles. The van der Waals surface area contributed by atoms with Gasteiger partial charge < -0.3 is 19.6 Å². The van der Waals surface area contributed by atoms with E-state index in [1.165, 1.54) is 11.8 Å². The lowest BCUT2D eigenvalue weighted by molar-refractivity contribution is -0.167. The molecular formula is C22H25N5O3S2. The van der Waals surface area contributed by atoms with Crippen molar-refractivity contribution < 1.29 is 14.3 Å². The Bertz CT molecular complexity index is 1210. The lowest BCUT2D eigenvalue weighted by atomic mass is 10.0. The summed E-state index contributed by atoms with van der Waals surface area (Å²) < 4.78 is 13.6. The Labute approximate surface area is 194 Å². The predicted octanol–water partition coefficient (Wildman–Crippen LogP) is 4.36. The number of pyridine rings is 1. The summed E-state index contributed by atoms with van der Waals surface area (Å²) in [5.74, 6) is -0.390. The van der Waals surface area contributed by atoms with Crippen LogP contribution in [-0.4, -0.2) is 50.1 Å². The van der Waals surface area contributed by atoms with Gasteiger partial charge in [-0.3, -0.25) is 4.98 Å². The predicted molar refractivity (Wildman–Crippen MR) is 125 cm³/mol. The van der Waals surface area contributed by atoms with Crippen LogP contribution in [0.3, 0.4) is 0 Å². The number of aromatic nitrogens is 4. The molecular weight excluding hydrogens is 446 g/mol. The average Bonchev–Trinajstić information content (AvgIpc) is 3.37. The van der Waals surface area contributed by atoms with Crippen molar-refractivity contribution in [3.05, 3.63) is 23.7 Å². The number of hydrogen-bond donors (Lipinski definition) is 1. The van der Waals surface area contributed by atoms with Crippen molar-refractivity contribution in [3.63, 3.8) is 0 Å². The minimum absolute atomic E-state index is 0.230. The monoisotopic (exact) mass is 471 g/mol. The number of carbonyl (C=O) groups is 1. The largest absolute Gasteiger partial charge is 0.341 e. The molecule has 3 aromatic rings. The van der Waals surface area contributed by atoms with Crippen LogP contribution in [0.15, 0.2) is 17.4 Å². The molecule has 0 amide bonds. The van der Waals surface area contributed by atoms with Crippen molar-refractivity contribution in [2.24, 2.45) is 5.92 Å². The van der Waals surface area contributed by atoms with Crippen LogP contribution >= 0.6 is 23.1 Å². The second kappa shape index (κ2) is 7.72. The first-order valence-electron chi connectivity index (χ1n) is 10.5. The normalized spacial score (nSPS) is 26.4. The molecule has 0 bridgehead atoms. The molecule has 3 atom stereocenters. The summed E-state index contributed by atoms with van der Waals surface area (Å²) in [4.78, 5) is 30.5. The van der Waals surface area contributed by atoms with Gasteiger partial charge in [-0.05, 0) is 52.9 Å². The molecule has 0 radical (unpaired) electrons. The highest BCUT2D eigenvalue weighted by atomic mass is 32.2. The molecule has 0 aromatic carbocycles. The van der Waals surface area contributed by atoms with Crippen LogP contribution in [-0.2, 0) is 14.3 Å². The first-order valence-corrected chi connectivity index (χ1v) is 12.6. The quantitative estimate of drug-likeness (QED) is 0.331. The number of nitrogens with zero attached hydrogens (tertiary/aromatic N) is 4. The van der Waals surface area contributed by atoms with E-state index in [4.69, 9.17) is 19.4 Å². The van der Waals surface area contributed by atoms with Crippen molar-refractivity contribution in [2.75, 3.05) is 11.6 Å². The van der Waals surface area contributed by atoms with Crippen LogP contribution < -0.4 is 5.32 Å². The van der Waals surface area contributed by atoms with Crippen molar-refractivity contribution in [3.8, 4) is 10.6 Å². The first kappa shape index (κ1) is 21.7. The summed E-state index contributed by atoms with van der Waals surface area (Å²) in [6, 6.07) is 1.97. The molecule has 168 valence electrons. The Morgan fingerprint density at radius 1 is 1.25 bits per heavy atom. The van der Waals surface area contributed by atoms with Gasteiger partial charge in [0.25, 0.3) is 0 Å². The summed E-state index contributed by atoms with van der Waals surface area (Å²) in [7, 11) is 0. The van der Waals surface area contributed by atoms with Crippen molar-refractivity contribution in [1.82, 2.24) is 19.9 Å². The molecule has 1 aliphatic heterocycles.